The lowest BCUT2D eigenvalue weighted by Gasteiger charge is -2.19. The lowest BCUT2D eigenvalue weighted by molar-refractivity contribution is -0.141. The minimum absolute atomic E-state index is 0.155. The smallest absolute Gasteiger partial charge is 0.306 e. The first kappa shape index (κ1) is 20.0. The van der Waals surface area contributed by atoms with Gasteiger partial charge < -0.3 is 10.5 Å². The number of anilines is 1. The number of nitrogen functional groups attached to an aromatic ring is 1. The van der Waals surface area contributed by atoms with Gasteiger partial charge in [-0.1, -0.05) is 42.5 Å². The molecular weight excluding hydrogens is 349 g/mol. The summed E-state index contributed by atoms with van der Waals surface area (Å²) in [4.78, 5) is 12.7. The summed E-state index contributed by atoms with van der Waals surface area (Å²) in [5.41, 5.74) is 9.69. The van der Waals surface area contributed by atoms with Crippen LogP contribution in [0.2, 0.25) is 0 Å². The topological polar surface area (TPSA) is 52.3 Å². The fraction of sp³-hybridized carbons (Fsp3) is 0.333. The van der Waals surface area contributed by atoms with E-state index in [0.717, 1.165) is 16.0 Å². The van der Waals surface area contributed by atoms with Crippen LogP contribution in [0.4, 0.5) is 10.1 Å². The number of thiocarbonyl (C=S) groups is 1. The van der Waals surface area contributed by atoms with Gasteiger partial charge in [0.1, 0.15) is 5.82 Å². The number of methoxy groups -OCH3 is 1. The van der Waals surface area contributed by atoms with Crippen LogP contribution in [0.1, 0.15) is 41.0 Å². The Labute approximate surface area is 159 Å². The highest BCUT2D eigenvalue weighted by Gasteiger charge is 2.20. The molecule has 0 aliphatic rings. The van der Waals surface area contributed by atoms with Crippen molar-refractivity contribution < 1.29 is 13.9 Å². The van der Waals surface area contributed by atoms with E-state index in [1.165, 1.54) is 7.11 Å². The highest BCUT2D eigenvalue weighted by atomic mass is 32.1. The van der Waals surface area contributed by atoms with Gasteiger partial charge in [0.05, 0.1) is 13.5 Å². The number of ether oxygens (including phenoxy) is 1. The van der Waals surface area contributed by atoms with Crippen LogP contribution in [0.3, 0.4) is 0 Å². The van der Waals surface area contributed by atoms with Gasteiger partial charge in [0.25, 0.3) is 0 Å². The maximum atomic E-state index is 14.0. The lowest BCUT2D eigenvalue weighted by atomic mass is 9.87. The van der Waals surface area contributed by atoms with Crippen molar-refractivity contribution in [2.45, 2.75) is 39.0 Å². The standard InChI is InChI=1S/C21H24FNO2S/c1-13-8-16(9-14(2)21(13)22)17(12-20(24)25-3)11-18(26)10-15-6-4-5-7-19(15)23/h4-9,17H,10-12,23H2,1-3H3. The number of benzene rings is 2. The van der Waals surface area contributed by atoms with Crippen molar-refractivity contribution in [1.29, 1.82) is 0 Å². The predicted molar refractivity (Wildman–Crippen MR) is 107 cm³/mol. The summed E-state index contributed by atoms with van der Waals surface area (Å²) in [6, 6.07) is 11.2. The van der Waals surface area contributed by atoms with E-state index >= 15 is 0 Å². The van der Waals surface area contributed by atoms with E-state index in [2.05, 4.69) is 0 Å². The number of halogens is 1. The van der Waals surface area contributed by atoms with Crippen LogP contribution in [0.5, 0.6) is 0 Å². The van der Waals surface area contributed by atoms with Crippen LogP contribution in [-0.4, -0.2) is 17.9 Å². The van der Waals surface area contributed by atoms with E-state index in [1.807, 2.05) is 24.3 Å². The van der Waals surface area contributed by atoms with Crippen molar-refractivity contribution in [3.8, 4) is 0 Å². The molecule has 0 fully saturated rings. The Morgan fingerprint density at radius 3 is 2.38 bits per heavy atom. The molecule has 0 radical (unpaired) electrons. The molecule has 0 heterocycles. The summed E-state index contributed by atoms with van der Waals surface area (Å²) < 4.78 is 18.8. The van der Waals surface area contributed by atoms with Crippen molar-refractivity contribution in [3.05, 3.63) is 64.5 Å². The van der Waals surface area contributed by atoms with Gasteiger partial charge in [0, 0.05) is 12.1 Å². The highest BCUT2D eigenvalue weighted by Crippen LogP contribution is 2.29. The Kier molecular flexibility index (Phi) is 6.86. The Bertz CT molecular complexity index is 796. The molecule has 0 spiro atoms. The van der Waals surface area contributed by atoms with E-state index in [0.29, 0.717) is 29.7 Å². The lowest BCUT2D eigenvalue weighted by Crippen LogP contribution is -2.14. The summed E-state index contributed by atoms with van der Waals surface area (Å²) >= 11 is 5.57. The molecule has 2 aromatic carbocycles. The van der Waals surface area contributed by atoms with Gasteiger partial charge in [-0.3, -0.25) is 4.79 Å². The summed E-state index contributed by atoms with van der Waals surface area (Å²) in [6.07, 6.45) is 1.30. The first-order valence-corrected chi connectivity index (χ1v) is 8.91. The highest BCUT2D eigenvalue weighted by molar-refractivity contribution is 7.80. The molecule has 0 amide bonds. The molecule has 5 heteroatoms. The molecule has 0 bridgehead atoms. The van der Waals surface area contributed by atoms with Gasteiger partial charge in [0.2, 0.25) is 0 Å². The maximum absolute atomic E-state index is 14.0. The number of nitrogens with two attached hydrogens (primary N) is 1. The molecule has 138 valence electrons. The zero-order valence-electron chi connectivity index (χ0n) is 15.3. The average molecular weight is 373 g/mol. The predicted octanol–water partition coefficient (Wildman–Crippen LogP) is 4.67. The maximum Gasteiger partial charge on any atom is 0.306 e. The number of carbonyl (C=O) groups is 1. The van der Waals surface area contributed by atoms with Crippen molar-refractivity contribution in [2.75, 3.05) is 12.8 Å². The second kappa shape index (κ2) is 8.90. The van der Waals surface area contributed by atoms with Gasteiger partial charge >= 0.3 is 5.97 Å². The second-order valence-corrected chi connectivity index (χ2v) is 7.14. The van der Waals surface area contributed by atoms with Crippen molar-refractivity contribution in [1.82, 2.24) is 0 Å². The number of rotatable bonds is 7. The Morgan fingerprint density at radius 1 is 1.19 bits per heavy atom. The molecule has 0 saturated carbocycles. The summed E-state index contributed by atoms with van der Waals surface area (Å²) in [5, 5.41) is 0. The van der Waals surface area contributed by atoms with Gasteiger partial charge in [-0.25, -0.2) is 4.39 Å². The average Bonchev–Trinajstić information content (AvgIpc) is 2.60. The van der Waals surface area contributed by atoms with Gasteiger partial charge in [-0.2, -0.15) is 0 Å². The first-order valence-electron chi connectivity index (χ1n) is 8.50. The van der Waals surface area contributed by atoms with E-state index in [-0.39, 0.29) is 24.1 Å². The number of hydrogen-bond acceptors (Lipinski definition) is 4. The minimum atomic E-state index is -0.309. The van der Waals surface area contributed by atoms with Crippen LogP contribution >= 0.6 is 12.2 Å². The van der Waals surface area contributed by atoms with E-state index in [1.54, 1.807) is 26.0 Å². The third-order valence-electron chi connectivity index (χ3n) is 4.49. The van der Waals surface area contributed by atoms with Gasteiger partial charge in [-0.05, 0) is 59.4 Å². The Hall–Kier alpha value is -2.27. The zero-order valence-corrected chi connectivity index (χ0v) is 16.2. The van der Waals surface area contributed by atoms with Crippen LogP contribution in [-0.2, 0) is 16.0 Å². The van der Waals surface area contributed by atoms with Crippen LogP contribution in [0.25, 0.3) is 0 Å². The molecule has 1 unspecified atom stereocenters. The van der Waals surface area contributed by atoms with Crippen molar-refractivity contribution >= 4 is 28.7 Å². The molecule has 1 atom stereocenters. The normalized spacial score (nSPS) is 11.8. The van der Waals surface area contributed by atoms with Gasteiger partial charge in [0.15, 0.2) is 0 Å². The second-order valence-electron chi connectivity index (χ2n) is 6.56. The molecule has 0 aromatic heterocycles. The number of para-hydroxylation sites is 1. The summed E-state index contributed by atoms with van der Waals surface area (Å²) in [7, 11) is 1.36. The molecular formula is C21H24FNO2S. The first-order chi connectivity index (χ1) is 12.3. The molecule has 2 aromatic rings. The zero-order chi connectivity index (χ0) is 19.3. The fourth-order valence-electron chi connectivity index (χ4n) is 3.06. The Morgan fingerprint density at radius 2 is 1.81 bits per heavy atom. The largest absolute Gasteiger partial charge is 0.469 e. The molecule has 3 nitrogen and oxygen atoms in total. The van der Waals surface area contributed by atoms with E-state index < -0.39 is 0 Å². The molecule has 0 aliphatic carbocycles. The SMILES string of the molecule is COC(=O)CC(CC(=S)Cc1ccccc1N)c1cc(C)c(F)c(C)c1. The monoisotopic (exact) mass is 373 g/mol. The number of esters is 1. The van der Waals surface area contributed by atoms with E-state index in [9.17, 15) is 9.18 Å². The molecule has 0 aliphatic heterocycles. The molecule has 2 N–H and O–H groups in total. The number of hydrogen-bond donors (Lipinski definition) is 1. The summed E-state index contributed by atoms with van der Waals surface area (Å²) in [6.45, 7) is 3.45. The molecule has 2 rings (SSSR count). The molecule has 26 heavy (non-hydrogen) atoms. The number of aryl methyl sites for hydroxylation is 2. The third-order valence-corrected chi connectivity index (χ3v) is 4.80. The van der Waals surface area contributed by atoms with Crippen LogP contribution in [0, 0.1) is 19.7 Å². The fourth-order valence-corrected chi connectivity index (χ4v) is 3.42. The van der Waals surface area contributed by atoms with Crippen LogP contribution in [0.15, 0.2) is 36.4 Å². The van der Waals surface area contributed by atoms with E-state index in [4.69, 9.17) is 22.7 Å². The van der Waals surface area contributed by atoms with Gasteiger partial charge in [-0.15, -0.1) is 0 Å². The van der Waals surface area contributed by atoms with Crippen molar-refractivity contribution in [3.63, 3.8) is 0 Å². The summed E-state index contributed by atoms with van der Waals surface area (Å²) in [5.74, 6) is -0.681. The van der Waals surface area contributed by atoms with Crippen molar-refractivity contribution in [2.24, 2.45) is 0 Å². The third kappa shape index (κ3) is 5.11. The number of carbonyl (C=O) groups excluding carboxylic acids is 1. The van der Waals surface area contributed by atoms with Crippen LogP contribution < -0.4 is 5.73 Å². The Balaban J connectivity index is 2.23. The molecule has 0 saturated heterocycles. The quantitative estimate of drug-likeness (QED) is 0.435. The minimum Gasteiger partial charge on any atom is -0.469 e.